The van der Waals surface area contributed by atoms with Gasteiger partial charge in [-0.2, -0.15) is 0 Å². The number of aliphatic imine (C=N–C) groups is 6. The number of allylic oxidation sites excluding steroid dienone is 2. The minimum atomic E-state index is -0.377. The Bertz CT molecular complexity index is 5490. The van der Waals surface area contributed by atoms with E-state index in [2.05, 4.69) is 145 Å². The second-order valence-electron chi connectivity index (χ2n) is 29.3. The van der Waals surface area contributed by atoms with Crippen LogP contribution in [0.3, 0.4) is 0 Å². The smallest absolute Gasteiger partial charge is 0.305 e. The van der Waals surface area contributed by atoms with Crippen LogP contribution in [-0.2, 0) is 76.7 Å². The van der Waals surface area contributed by atoms with E-state index in [1.54, 1.807) is 0 Å². The molecule has 13 rings (SSSR count). The lowest BCUT2D eigenvalue weighted by molar-refractivity contribution is -0.141. The maximum absolute atomic E-state index is 13.4. The van der Waals surface area contributed by atoms with Gasteiger partial charge >= 0.3 is 23.9 Å². The van der Waals surface area contributed by atoms with E-state index in [-0.39, 0.29) is 75.2 Å². The number of ether oxygens (including phenoxy) is 4. The maximum Gasteiger partial charge on any atom is 0.305 e. The van der Waals surface area contributed by atoms with Crippen molar-refractivity contribution in [2.45, 2.75) is 184 Å². The Hall–Kier alpha value is -11.8. The highest BCUT2D eigenvalue weighted by molar-refractivity contribution is 6.60. The lowest BCUT2D eigenvalue weighted by atomic mass is 9.98. The Morgan fingerprint density at radius 1 is 0.339 bits per heavy atom. The Kier molecular flexibility index (Phi) is 24.8. The Morgan fingerprint density at radius 2 is 0.643 bits per heavy atom. The van der Waals surface area contributed by atoms with Crippen LogP contribution in [-0.4, -0.2) is 116 Å². The highest BCUT2D eigenvalue weighted by Crippen LogP contribution is 2.34. The zero-order valence-electron chi connectivity index (χ0n) is 66.5. The van der Waals surface area contributed by atoms with Crippen LogP contribution in [0.1, 0.15) is 187 Å². The summed E-state index contributed by atoms with van der Waals surface area (Å²) in [7, 11) is 5.58. The Morgan fingerprint density at radius 3 is 0.955 bits per heavy atom. The molecule has 0 radical (unpaired) electrons. The van der Waals surface area contributed by atoms with Gasteiger partial charge in [0.1, 0.15) is 0 Å². The number of aryl methyl sites for hydroxylation is 4. The summed E-state index contributed by atoms with van der Waals surface area (Å²) in [4.78, 5) is 112. The fourth-order valence-electron chi connectivity index (χ4n) is 15.0. The average molecular weight is 1500 g/mol. The number of carbonyl (C=O) groups excluding carboxylic acids is 4. The molecule has 0 aliphatic carbocycles. The van der Waals surface area contributed by atoms with Crippen molar-refractivity contribution in [2.75, 3.05) is 28.4 Å². The fraction of sp³-hybridized carbons (Fsp3) is 0.348. The Balaban J connectivity index is 1.17. The van der Waals surface area contributed by atoms with Crippen LogP contribution < -0.4 is 43.1 Å². The summed E-state index contributed by atoms with van der Waals surface area (Å²) in [5.41, 5.74) is 21.8. The molecule has 4 aromatic carbocycles. The van der Waals surface area contributed by atoms with Crippen LogP contribution >= 0.6 is 0 Å². The normalized spacial score (nSPS) is 14.5. The first-order valence-corrected chi connectivity index (χ1v) is 39.5. The van der Waals surface area contributed by atoms with Gasteiger partial charge in [-0.15, -0.1) is 0 Å². The van der Waals surface area contributed by atoms with Crippen molar-refractivity contribution in [1.82, 2.24) is 29.9 Å². The van der Waals surface area contributed by atoms with Crippen molar-refractivity contribution in [3.8, 4) is 22.5 Å². The van der Waals surface area contributed by atoms with Crippen LogP contribution in [0.15, 0.2) is 149 Å². The highest BCUT2D eigenvalue weighted by Gasteiger charge is 2.30. The van der Waals surface area contributed by atoms with Crippen molar-refractivity contribution in [3.63, 3.8) is 0 Å². The van der Waals surface area contributed by atoms with Gasteiger partial charge < -0.3 is 38.9 Å². The standard InChI is InChI=1S/C92H100N12O8/c1-13-17-21-57-25-33-61(34-26-57)81-73-49-69-53(5)65(41-45-77(105)109-9)85(93-69)86-66(42-46-78(106)110-10)54(6)71(94-86)51-75-83(63-37-29-59(30-38-63)23-19-15-3)103-91(99-75)92-100-76(84(104-92)64-39-31-60(32-40-64)24-20-16-4)52-72-56(8)68(44-48-80(108)112-12)88(96-72)87-67(43-47-79(107)111-11)55(7)70(95-87)50-74-82(102-90(98-74)89(97-73)101-81)62-35-27-58(28-36-62)22-18-14-2/h25-40,49-52,93,96H,13-24,41-48H2,1-12H3,(H,98,102)(H,99,103). The van der Waals surface area contributed by atoms with Gasteiger partial charge in [-0.3, -0.25) is 19.2 Å². The molecular weight excluding hydrogens is 1400 g/mol. The first-order valence-electron chi connectivity index (χ1n) is 39.5. The van der Waals surface area contributed by atoms with E-state index in [1.807, 2.05) is 52.0 Å². The number of benzene rings is 4. The van der Waals surface area contributed by atoms with Gasteiger partial charge in [0, 0.05) is 58.6 Å². The lowest BCUT2D eigenvalue weighted by Gasteiger charge is -2.07. The lowest BCUT2D eigenvalue weighted by Crippen LogP contribution is -2.19. The van der Waals surface area contributed by atoms with Crippen LogP contribution in [0, 0.1) is 13.8 Å². The molecule has 0 spiro atoms. The third-order valence-corrected chi connectivity index (χ3v) is 21.8. The number of carbonyl (C=O) groups is 4. The number of esters is 4. The second kappa shape index (κ2) is 35.5. The summed E-state index contributed by atoms with van der Waals surface area (Å²) in [6.07, 6.45) is 21.6. The minimum Gasteiger partial charge on any atom is -0.469 e. The number of unbranched alkanes of at least 4 members (excludes halogenated alkanes) is 4. The molecule has 9 heterocycles. The van der Waals surface area contributed by atoms with Crippen LogP contribution in [0.4, 0.5) is 0 Å². The maximum atomic E-state index is 13.4. The molecule has 0 amide bonds. The zero-order chi connectivity index (χ0) is 78.7. The molecule has 5 aliphatic rings. The van der Waals surface area contributed by atoms with Gasteiger partial charge in [0.05, 0.1) is 107 Å². The van der Waals surface area contributed by atoms with Crippen LogP contribution in [0.2, 0.25) is 0 Å². The SMILES string of the molecule is CCCCc1ccc(C2=NC3=c4nc(-c5ccc(CCCC)cc5)c([nH]4)=CC4=NC(=c5[nH]c(c(C)c5CCC(=O)OC)=CC5=NC(=c6nc(-c7ccc(CCCC)cc7)c([nH]6)=CC6=NC(=c7[nH]c(c(C)c7CCC(=O)OC)=CC2=N3)C(CCC(=O)OC)=C6C)N=C5c2ccc(CCCC)cc2)C(CCC(=O)OC)=C4C)cc1. The number of nitrogens with one attached hydrogen (secondary N) is 4. The zero-order valence-corrected chi connectivity index (χ0v) is 66.5. The summed E-state index contributed by atoms with van der Waals surface area (Å²) in [6, 6.07) is 34.1. The topological polar surface area (TPSA) is 268 Å². The summed E-state index contributed by atoms with van der Waals surface area (Å²) >= 11 is 0. The molecule has 112 heavy (non-hydrogen) atoms. The number of aromatic amines is 4. The molecule has 16 bridgehead atoms. The van der Waals surface area contributed by atoms with Crippen LogP contribution in [0.5, 0.6) is 0 Å². The monoisotopic (exact) mass is 1500 g/mol. The summed E-state index contributed by atoms with van der Waals surface area (Å²) in [6.45, 7) is 16.9. The number of methoxy groups -OCH3 is 4. The van der Waals surface area contributed by atoms with E-state index in [0.29, 0.717) is 112 Å². The molecule has 0 atom stereocenters. The Labute approximate surface area is 652 Å². The van der Waals surface area contributed by atoms with Crippen molar-refractivity contribution in [3.05, 3.63) is 218 Å². The first kappa shape index (κ1) is 78.3. The number of nitrogens with zero attached hydrogens (tertiary/aromatic N) is 8. The van der Waals surface area contributed by atoms with E-state index in [0.717, 1.165) is 144 Å². The van der Waals surface area contributed by atoms with Gasteiger partial charge in [-0.1, -0.05) is 150 Å². The highest BCUT2D eigenvalue weighted by atomic mass is 16.5. The first-order chi connectivity index (χ1) is 54.4. The van der Waals surface area contributed by atoms with Crippen molar-refractivity contribution >= 4 is 105 Å². The van der Waals surface area contributed by atoms with E-state index in [9.17, 15) is 19.2 Å². The number of aromatic nitrogens is 6. The molecule has 576 valence electrons. The number of fused-ring (bicyclic) bond motifs is 12. The van der Waals surface area contributed by atoms with Gasteiger partial charge in [0.15, 0.2) is 22.6 Å². The number of H-pyrrole nitrogens is 4. The molecule has 0 fully saturated rings. The molecule has 0 saturated heterocycles. The van der Waals surface area contributed by atoms with E-state index in [4.69, 9.17) is 58.9 Å². The second-order valence-corrected chi connectivity index (χ2v) is 29.3. The third kappa shape index (κ3) is 17.2. The van der Waals surface area contributed by atoms with Crippen molar-refractivity contribution < 1.29 is 38.1 Å². The molecule has 8 aromatic rings. The molecule has 5 aliphatic heterocycles. The summed E-state index contributed by atoms with van der Waals surface area (Å²) < 4.78 is 21.2. The number of hydrogen-bond acceptors (Lipinski definition) is 16. The van der Waals surface area contributed by atoms with Crippen molar-refractivity contribution in [2.24, 2.45) is 30.0 Å². The molecular formula is C92H100N12O8. The largest absolute Gasteiger partial charge is 0.469 e. The van der Waals surface area contributed by atoms with Gasteiger partial charge in [0.25, 0.3) is 0 Å². The van der Waals surface area contributed by atoms with E-state index >= 15 is 0 Å². The fourth-order valence-corrected chi connectivity index (χ4v) is 15.0. The predicted octanol–water partition coefficient (Wildman–Crippen LogP) is 11.2. The molecule has 4 N–H and O–H groups in total. The van der Waals surface area contributed by atoms with E-state index in [1.165, 1.54) is 50.7 Å². The minimum absolute atomic E-state index is 0.0672. The van der Waals surface area contributed by atoms with Crippen molar-refractivity contribution in [1.29, 1.82) is 0 Å². The van der Waals surface area contributed by atoms with Gasteiger partial charge in [0.2, 0.25) is 0 Å². The molecule has 4 aromatic heterocycles. The molecule has 0 saturated carbocycles. The number of rotatable bonds is 28. The average Bonchev–Trinajstić information content (AvgIpc) is 1.52. The summed E-state index contributed by atoms with van der Waals surface area (Å²) in [5, 5.41) is 4.02. The van der Waals surface area contributed by atoms with Gasteiger partial charge in [-0.05, 0) is 196 Å². The van der Waals surface area contributed by atoms with Gasteiger partial charge in [-0.25, -0.2) is 39.9 Å². The quantitative estimate of drug-likeness (QED) is 0.0266. The molecule has 0 unspecified atom stereocenters. The number of imidazole rings is 2. The third-order valence-electron chi connectivity index (χ3n) is 21.8. The van der Waals surface area contributed by atoms with E-state index < -0.39 is 0 Å². The summed E-state index contributed by atoms with van der Waals surface area (Å²) in [5.74, 6) is -0.819. The van der Waals surface area contributed by atoms with Crippen LogP contribution in [0.25, 0.3) is 69.9 Å². The molecule has 20 heteroatoms. The number of hydrogen-bond donors (Lipinski definition) is 4. The predicted molar refractivity (Wildman–Crippen MR) is 446 cm³/mol. The molecule has 20 nitrogen and oxygen atoms in total.